The predicted molar refractivity (Wildman–Crippen MR) is 64.7 cm³/mol. The lowest BCUT2D eigenvalue weighted by molar-refractivity contribution is -0.138. The van der Waals surface area contributed by atoms with Gasteiger partial charge in [0.1, 0.15) is 11.9 Å². The average Bonchev–Trinajstić information content (AvgIpc) is 3.09. The SMILES string of the molecule is O=C(O)C(CSc1ccccc1F)NC1CC1. The Morgan fingerprint density at radius 3 is 2.82 bits per heavy atom. The van der Waals surface area contributed by atoms with Gasteiger partial charge in [-0.3, -0.25) is 4.79 Å². The van der Waals surface area contributed by atoms with Crippen LogP contribution in [0.3, 0.4) is 0 Å². The van der Waals surface area contributed by atoms with E-state index in [1.165, 1.54) is 17.8 Å². The highest BCUT2D eigenvalue weighted by Gasteiger charge is 2.28. The number of carboxylic acid groups (broad SMARTS) is 1. The smallest absolute Gasteiger partial charge is 0.321 e. The van der Waals surface area contributed by atoms with Gasteiger partial charge in [-0.1, -0.05) is 12.1 Å². The molecule has 1 aliphatic carbocycles. The highest BCUT2D eigenvalue weighted by atomic mass is 32.2. The second kappa shape index (κ2) is 5.51. The summed E-state index contributed by atoms with van der Waals surface area (Å²) < 4.78 is 13.3. The number of rotatable bonds is 6. The minimum atomic E-state index is -0.874. The molecule has 0 bridgehead atoms. The zero-order chi connectivity index (χ0) is 12.3. The molecule has 17 heavy (non-hydrogen) atoms. The fraction of sp³-hybridized carbons (Fsp3) is 0.417. The fourth-order valence-corrected chi connectivity index (χ4v) is 2.43. The molecule has 1 saturated carbocycles. The van der Waals surface area contributed by atoms with Gasteiger partial charge < -0.3 is 10.4 Å². The van der Waals surface area contributed by atoms with Crippen LogP contribution in [0.1, 0.15) is 12.8 Å². The lowest BCUT2D eigenvalue weighted by Gasteiger charge is -2.13. The highest BCUT2D eigenvalue weighted by Crippen LogP contribution is 2.24. The molecule has 5 heteroatoms. The first-order valence-corrected chi connectivity index (χ1v) is 6.51. The van der Waals surface area contributed by atoms with E-state index in [4.69, 9.17) is 5.11 Å². The number of hydrogen-bond donors (Lipinski definition) is 2. The molecule has 0 spiro atoms. The topological polar surface area (TPSA) is 49.3 Å². The van der Waals surface area contributed by atoms with Gasteiger partial charge in [0, 0.05) is 16.7 Å². The summed E-state index contributed by atoms with van der Waals surface area (Å²) in [7, 11) is 0. The lowest BCUT2D eigenvalue weighted by atomic mass is 10.3. The maximum absolute atomic E-state index is 13.3. The number of nitrogens with one attached hydrogen (secondary N) is 1. The largest absolute Gasteiger partial charge is 0.480 e. The Morgan fingerprint density at radius 2 is 2.24 bits per heavy atom. The van der Waals surface area contributed by atoms with Crippen molar-refractivity contribution >= 4 is 17.7 Å². The summed E-state index contributed by atoms with van der Waals surface area (Å²) in [6.07, 6.45) is 2.07. The van der Waals surface area contributed by atoms with E-state index in [9.17, 15) is 9.18 Å². The lowest BCUT2D eigenvalue weighted by Crippen LogP contribution is -2.40. The van der Waals surface area contributed by atoms with Gasteiger partial charge in [0.2, 0.25) is 0 Å². The summed E-state index contributed by atoms with van der Waals surface area (Å²) >= 11 is 1.23. The van der Waals surface area contributed by atoms with Crippen LogP contribution in [0.25, 0.3) is 0 Å². The molecule has 0 aromatic heterocycles. The van der Waals surface area contributed by atoms with E-state index >= 15 is 0 Å². The molecule has 1 aromatic carbocycles. The third kappa shape index (κ3) is 3.71. The zero-order valence-corrected chi connectivity index (χ0v) is 10.0. The van der Waals surface area contributed by atoms with Crippen molar-refractivity contribution in [2.75, 3.05) is 5.75 Å². The van der Waals surface area contributed by atoms with Crippen LogP contribution in [0.2, 0.25) is 0 Å². The molecular weight excluding hydrogens is 241 g/mol. The Balaban J connectivity index is 1.90. The summed E-state index contributed by atoms with van der Waals surface area (Å²) in [5.41, 5.74) is 0. The molecule has 1 fully saturated rings. The molecule has 0 amide bonds. The van der Waals surface area contributed by atoms with E-state index in [1.54, 1.807) is 18.2 Å². The van der Waals surface area contributed by atoms with E-state index < -0.39 is 12.0 Å². The molecule has 92 valence electrons. The van der Waals surface area contributed by atoms with E-state index in [1.807, 2.05) is 0 Å². The number of hydrogen-bond acceptors (Lipinski definition) is 3. The van der Waals surface area contributed by atoms with Crippen molar-refractivity contribution in [1.29, 1.82) is 0 Å². The summed E-state index contributed by atoms with van der Waals surface area (Å²) in [6, 6.07) is 6.14. The summed E-state index contributed by atoms with van der Waals surface area (Å²) in [5, 5.41) is 12.1. The van der Waals surface area contributed by atoms with Crippen molar-refractivity contribution in [3.63, 3.8) is 0 Å². The standard InChI is InChI=1S/C12H14FNO2S/c13-9-3-1-2-4-11(9)17-7-10(12(15)16)14-8-5-6-8/h1-4,8,10,14H,5-7H2,(H,15,16). The molecule has 2 N–H and O–H groups in total. The fourth-order valence-electron chi connectivity index (χ4n) is 1.46. The van der Waals surface area contributed by atoms with Crippen LogP contribution in [0.5, 0.6) is 0 Å². The van der Waals surface area contributed by atoms with Crippen molar-refractivity contribution in [1.82, 2.24) is 5.32 Å². The molecule has 0 saturated heterocycles. The van der Waals surface area contributed by atoms with Crippen LogP contribution in [-0.2, 0) is 4.79 Å². The van der Waals surface area contributed by atoms with E-state index in [0.29, 0.717) is 16.7 Å². The monoisotopic (exact) mass is 255 g/mol. The first-order valence-electron chi connectivity index (χ1n) is 5.53. The molecule has 0 radical (unpaired) electrons. The quantitative estimate of drug-likeness (QED) is 0.764. The van der Waals surface area contributed by atoms with Crippen molar-refractivity contribution in [2.45, 2.75) is 29.8 Å². The van der Waals surface area contributed by atoms with Gasteiger partial charge >= 0.3 is 5.97 Å². The Bertz CT molecular complexity index is 409. The van der Waals surface area contributed by atoms with Crippen LogP contribution in [-0.4, -0.2) is 28.9 Å². The number of thioether (sulfide) groups is 1. The van der Waals surface area contributed by atoms with Gasteiger partial charge in [-0.05, 0) is 25.0 Å². The number of halogens is 1. The van der Waals surface area contributed by atoms with Crippen molar-refractivity contribution in [3.8, 4) is 0 Å². The highest BCUT2D eigenvalue weighted by molar-refractivity contribution is 7.99. The molecule has 1 aliphatic rings. The maximum atomic E-state index is 13.3. The van der Waals surface area contributed by atoms with Crippen LogP contribution in [0.4, 0.5) is 4.39 Å². The van der Waals surface area contributed by atoms with Gasteiger partial charge in [0.05, 0.1) is 0 Å². The van der Waals surface area contributed by atoms with E-state index in [2.05, 4.69) is 5.32 Å². The van der Waals surface area contributed by atoms with Crippen LogP contribution >= 0.6 is 11.8 Å². The molecule has 2 rings (SSSR count). The minimum absolute atomic E-state index is 0.298. The molecule has 1 aromatic rings. The zero-order valence-electron chi connectivity index (χ0n) is 9.23. The minimum Gasteiger partial charge on any atom is -0.480 e. The first kappa shape index (κ1) is 12.4. The summed E-state index contributed by atoms with van der Waals surface area (Å²) in [6.45, 7) is 0. The summed E-state index contributed by atoms with van der Waals surface area (Å²) in [4.78, 5) is 11.5. The Hall–Kier alpha value is -1.07. The Kier molecular flexibility index (Phi) is 4.02. The van der Waals surface area contributed by atoms with Gasteiger partial charge in [0.25, 0.3) is 0 Å². The third-order valence-corrected chi connectivity index (χ3v) is 3.70. The van der Waals surface area contributed by atoms with Crippen LogP contribution < -0.4 is 5.32 Å². The molecular formula is C12H14FNO2S. The predicted octanol–water partition coefficient (Wildman–Crippen LogP) is 2.12. The normalized spacial score (nSPS) is 16.8. The molecule has 3 nitrogen and oxygen atoms in total. The Morgan fingerprint density at radius 1 is 1.53 bits per heavy atom. The molecule has 0 aliphatic heterocycles. The second-order valence-corrected chi connectivity index (χ2v) is 5.14. The van der Waals surface area contributed by atoms with E-state index in [-0.39, 0.29) is 5.82 Å². The average molecular weight is 255 g/mol. The number of carboxylic acids is 1. The van der Waals surface area contributed by atoms with Gasteiger partial charge in [-0.15, -0.1) is 11.8 Å². The molecule has 0 heterocycles. The number of aliphatic carboxylic acids is 1. The number of carbonyl (C=O) groups is 1. The van der Waals surface area contributed by atoms with Crippen molar-refractivity contribution in [3.05, 3.63) is 30.1 Å². The van der Waals surface area contributed by atoms with Gasteiger partial charge in [-0.2, -0.15) is 0 Å². The third-order valence-electron chi connectivity index (χ3n) is 2.55. The van der Waals surface area contributed by atoms with Crippen molar-refractivity contribution in [2.24, 2.45) is 0 Å². The van der Waals surface area contributed by atoms with Gasteiger partial charge in [-0.25, -0.2) is 4.39 Å². The first-order chi connectivity index (χ1) is 8.16. The van der Waals surface area contributed by atoms with Crippen LogP contribution in [0.15, 0.2) is 29.2 Å². The maximum Gasteiger partial charge on any atom is 0.321 e. The molecule has 1 unspecified atom stereocenters. The van der Waals surface area contributed by atoms with Crippen LogP contribution in [0, 0.1) is 5.82 Å². The Labute approximate surface area is 103 Å². The number of benzene rings is 1. The van der Waals surface area contributed by atoms with E-state index in [0.717, 1.165) is 12.8 Å². The summed E-state index contributed by atoms with van der Waals surface area (Å²) in [5.74, 6) is -0.832. The second-order valence-electron chi connectivity index (χ2n) is 4.07. The van der Waals surface area contributed by atoms with Gasteiger partial charge in [0.15, 0.2) is 0 Å². The van der Waals surface area contributed by atoms with Crippen molar-refractivity contribution < 1.29 is 14.3 Å². The molecule has 1 atom stereocenters.